The molecular weight excluding hydrogens is 190 g/mol. The van der Waals surface area contributed by atoms with Crippen molar-refractivity contribution in [3.63, 3.8) is 0 Å². The van der Waals surface area contributed by atoms with Crippen molar-refractivity contribution in [3.05, 3.63) is 53.5 Å². The monoisotopic (exact) mass is 203 g/mol. The maximum absolute atomic E-state index is 11.6. The van der Waals surface area contributed by atoms with Crippen molar-refractivity contribution in [1.82, 2.24) is 4.57 Å². The van der Waals surface area contributed by atoms with Crippen LogP contribution in [0.5, 0.6) is 0 Å². The van der Waals surface area contributed by atoms with Crippen molar-refractivity contribution < 1.29 is 0 Å². The minimum Gasteiger partial charge on any atom is -0.394 e. The van der Waals surface area contributed by atoms with Crippen molar-refractivity contribution in [2.45, 2.75) is 0 Å². The highest BCUT2D eigenvalue weighted by molar-refractivity contribution is 5.95. The molecule has 2 N–H and O–H groups in total. The fraction of sp³-hybridized carbons (Fsp3) is 0.0909. The Kier molecular flexibility index (Phi) is 3.62. The molecule has 15 heavy (non-hydrogen) atoms. The first kappa shape index (κ1) is 11.0. The van der Waals surface area contributed by atoms with E-state index < -0.39 is 0 Å². The van der Waals surface area contributed by atoms with Gasteiger partial charge in [-0.1, -0.05) is 18.7 Å². The summed E-state index contributed by atoms with van der Waals surface area (Å²) in [5.74, 6) is 0.521. The average molecular weight is 203 g/mol. The second-order valence-corrected chi connectivity index (χ2v) is 2.82. The largest absolute Gasteiger partial charge is 0.394 e. The van der Waals surface area contributed by atoms with Crippen LogP contribution >= 0.6 is 0 Å². The highest BCUT2D eigenvalue weighted by Crippen LogP contribution is 1.93. The number of hydrogen-bond donors (Lipinski definition) is 1. The summed E-state index contributed by atoms with van der Waals surface area (Å²) < 4.78 is 1.38. The van der Waals surface area contributed by atoms with Crippen LogP contribution in [-0.2, 0) is 0 Å². The van der Waals surface area contributed by atoms with Crippen LogP contribution in [0.2, 0.25) is 0 Å². The molecule has 0 atom stereocenters. The molecular formula is C11H13N3O. The van der Waals surface area contributed by atoms with Gasteiger partial charge in [-0.3, -0.25) is 14.4 Å². The third kappa shape index (κ3) is 2.43. The number of rotatable bonds is 2. The lowest BCUT2D eigenvalue weighted by atomic mass is 10.4. The maximum atomic E-state index is 11.6. The predicted molar refractivity (Wildman–Crippen MR) is 63.2 cm³/mol. The van der Waals surface area contributed by atoms with Crippen molar-refractivity contribution in [3.8, 4) is 0 Å². The highest BCUT2D eigenvalue weighted by Gasteiger charge is 2.01. The van der Waals surface area contributed by atoms with Crippen LogP contribution in [0.4, 0.5) is 5.69 Å². The molecule has 0 aliphatic rings. The number of nitrogen functional groups attached to an aromatic ring is 1. The molecule has 0 saturated heterocycles. The van der Waals surface area contributed by atoms with Gasteiger partial charge in [0.25, 0.3) is 5.56 Å². The quantitative estimate of drug-likeness (QED) is 0.443. The molecule has 0 radical (unpaired) electrons. The Bertz CT molecular complexity index is 469. The summed E-state index contributed by atoms with van der Waals surface area (Å²) in [5, 5.41) is 0. The maximum Gasteiger partial charge on any atom is 0.279 e. The molecule has 1 rings (SSSR count). The van der Waals surface area contributed by atoms with Gasteiger partial charge in [0.1, 0.15) is 5.84 Å². The summed E-state index contributed by atoms with van der Waals surface area (Å²) in [4.78, 5) is 15.6. The van der Waals surface area contributed by atoms with Crippen LogP contribution in [0.25, 0.3) is 0 Å². The minimum atomic E-state index is -0.271. The molecule has 0 fully saturated rings. The van der Waals surface area contributed by atoms with Crippen LogP contribution in [0.15, 0.2) is 52.9 Å². The third-order valence-corrected chi connectivity index (χ3v) is 1.83. The molecule has 0 aliphatic carbocycles. The summed E-state index contributed by atoms with van der Waals surface area (Å²) in [6.07, 6.45) is 6.63. The van der Waals surface area contributed by atoms with E-state index in [2.05, 4.69) is 11.6 Å². The van der Waals surface area contributed by atoms with Crippen LogP contribution in [0.1, 0.15) is 0 Å². The van der Waals surface area contributed by atoms with Gasteiger partial charge in [0.2, 0.25) is 0 Å². The fourth-order valence-corrected chi connectivity index (χ4v) is 1.11. The lowest BCUT2D eigenvalue weighted by molar-refractivity contribution is 1.06. The molecule has 0 spiro atoms. The van der Waals surface area contributed by atoms with Gasteiger partial charge in [0, 0.05) is 13.2 Å². The fourth-order valence-electron chi connectivity index (χ4n) is 1.11. The van der Waals surface area contributed by atoms with Crippen molar-refractivity contribution in [1.29, 1.82) is 0 Å². The van der Waals surface area contributed by atoms with Crippen molar-refractivity contribution in [2.75, 3.05) is 12.8 Å². The number of pyridine rings is 1. The Morgan fingerprint density at radius 2 is 2.40 bits per heavy atom. The first-order chi connectivity index (χ1) is 7.20. The summed E-state index contributed by atoms with van der Waals surface area (Å²) in [5.41, 5.74) is 5.44. The van der Waals surface area contributed by atoms with Crippen LogP contribution in [0, 0.1) is 0 Å². The van der Waals surface area contributed by atoms with E-state index >= 15 is 0 Å². The van der Waals surface area contributed by atoms with Crippen LogP contribution in [0.3, 0.4) is 0 Å². The molecule has 0 saturated carbocycles. The van der Waals surface area contributed by atoms with E-state index in [0.717, 1.165) is 0 Å². The third-order valence-electron chi connectivity index (χ3n) is 1.83. The predicted octanol–water partition coefficient (Wildman–Crippen LogP) is 1.05. The second kappa shape index (κ2) is 4.95. The molecule has 0 bridgehead atoms. The Balaban J connectivity index is 3.26. The molecule has 0 unspecified atom stereocenters. The van der Waals surface area contributed by atoms with Gasteiger partial charge in [0.15, 0.2) is 0 Å². The average Bonchev–Trinajstić information content (AvgIpc) is 2.25. The van der Waals surface area contributed by atoms with E-state index in [1.54, 1.807) is 43.6 Å². The first-order valence-corrected chi connectivity index (χ1v) is 4.44. The Labute approximate surface area is 88.1 Å². The van der Waals surface area contributed by atoms with E-state index in [-0.39, 0.29) is 11.2 Å². The molecule has 0 aliphatic heterocycles. The van der Waals surface area contributed by atoms with E-state index in [9.17, 15) is 4.79 Å². The minimum absolute atomic E-state index is 0.200. The summed E-state index contributed by atoms with van der Waals surface area (Å²) in [6.45, 7) is 3.55. The number of nitrogens with two attached hydrogens (primary N) is 1. The molecule has 0 aromatic carbocycles. The van der Waals surface area contributed by atoms with Gasteiger partial charge >= 0.3 is 0 Å². The Morgan fingerprint density at radius 3 is 3.00 bits per heavy atom. The van der Waals surface area contributed by atoms with Crippen molar-refractivity contribution >= 4 is 11.5 Å². The number of aromatic nitrogens is 1. The van der Waals surface area contributed by atoms with E-state index in [1.165, 1.54) is 4.57 Å². The van der Waals surface area contributed by atoms with Gasteiger partial charge in [-0.2, -0.15) is 0 Å². The number of allylic oxidation sites excluding steroid dienone is 3. The lowest BCUT2D eigenvalue weighted by Crippen LogP contribution is -2.27. The van der Waals surface area contributed by atoms with Gasteiger partial charge in [-0.05, 0) is 18.2 Å². The lowest BCUT2D eigenvalue weighted by Gasteiger charge is -2.04. The summed E-state index contributed by atoms with van der Waals surface area (Å²) >= 11 is 0. The SMILES string of the molecule is C=C/C=C\C(=NC)n1cccc(N)c1=O. The number of aliphatic imine (C=N–C) groups is 1. The normalized spacial score (nSPS) is 11.9. The highest BCUT2D eigenvalue weighted by atomic mass is 16.1. The van der Waals surface area contributed by atoms with E-state index in [1.807, 2.05) is 0 Å². The van der Waals surface area contributed by atoms with Gasteiger partial charge in [-0.25, -0.2) is 0 Å². The van der Waals surface area contributed by atoms with Gasteiger partial charge in [-0.15, -0.1) is 0 Å². The topological polar surface area (TPSA) is 60.4 Å². The summed E-state index contributed by atoms with van der Waals surface area (Å²) in [6, 6.07) is 3.26. The number of hydrogen-bond acceptors (Lipinski definition) is 3. The molecule has 4 heteroatoms. The van der Waals surface area contributed by atoms with E-state index in [0.29, 0.717) is 5.84 Å². The summed E-state index contributed by atoms with van der Waals surface area (Å²) in [7, 11) is 1.61. The van der Waals surface area contributed by atoms with Crippen LogP contribution < -0.4 is 11.3 Å². The zero-order chi connectivity index (χ0) is 11.3. The smallest absolute Gasteiger partial charge is 0.279 e. The van der Waals surface area contributed by atoms with Gasteiger partial charge in [0.05, 0.1) is 5.69 Å². The van der Waals surface area contributed by atoms with Crippen LogP contribution in [-0.4, -0.2) is 17.5 Å². The Morgan fingerprint density at radius 1 is 1.67 bits per heavy atom. The molecule has 0 amide bonds. The number of nitrogens with zero attached hydrogens (tertiary/aromatic N) is 2. The van der Waals surface area contributed by atoms with E-state index in [4.69, 9.17) is 5.73 Å². The zero-order valence-electron chi connectivity index (χ0n) is 8.55. The molecule has 4 nitrogen and oxygen atoms in total. The zero-order valence-corrected chi connectivity index (χ0v) is 8.55. The molecule has 78 valence electrons. The molecule has 1 heterocycles. The number of anilines is 1. The van der Waals surface area contributed by atoms with Gasteiger partial charge < -0.3 is 5.73 Å². The molecule has 1 aromatic heterocycles. The molecule has 1 aromatic rings. The first-order valence-electron chi connectivity index (χ1n) is 4.44. The Hall–Kier alpha value is -2.10. The van der Waals surface area contributed by atoms with Crippen molar-refractivity contribution in [2.24, 2.45) is 4.99 Å². The standard InChI is InChI=1S/C11H13N3O/c1-3-4-7-10(13-2)14-8-5-6-9(12)11(14)15/h3-8H,1,12H2,2H3/b7-4-,13-10?. The second-order valence-electron chi connectivity index (χ2n) is 2.82.